The minimum atomic E-state index is -4.56. The Kier molecular flexibility index (Phi) is 2.45. The van der Waals surface area contributed by atoms with Gasteiger partial charge in [0.15, 0.2) is 0 Å². The number of hydrogen-bond donors (Lipinski definition) is 2. The lowest BCUT2D eigenvalue weighted by Gasteiger charge is -2.11. The van der Waals surface area contributed by atoms with E-state index in [0.717, 1.165) is 23.0 Å². The number of phenols is 1. The van der Waals surface area contributed by atoms with Crippen LogP contribution in [0, 0.1) is 0 Å². The molecule has 7 heteroatoms. The molecule has 0 spiro atoms. The molecule has 0 aliphatic carbocycles. The molecule has 1 aromatic heterocycles. The van der Waals surface area contributed by atoms with E-state index in [9.17, 15) is 18.3 Å². The number of nitrogen functional groups attached to an aromatic ring is 1. The molecule has 0 radical (unpaired) electrons. The van der Waals surface area contributed by atoms with E-state index in [-0.39, 0.29) is 17.1 Å². The summed E-state index contributed by atoms with van der Waals surface area (Å²) in [4.78, 5) is 3.24. The zero-order chi connectivity index (χ0) is 12.6. The van der Waals surface area contributed by atoms with Crippen LogP contribution in [-0.4, -0.2) is 14.7 Å². The van der Waals surface area contributed by atoms with Gasteiger partial charge in [-0.05, 0) is 12.1 Å². The van der Waals surface area contributed by atoms with E-state index in [0.29, 0.717) is 0 Å². The van der Waals surface area contributed by atoms with E-state index < -0.39 is 12.0 Å². The Morgan fingerprint density at radius 1 is 1.29 bits per heavy atom. The van der Waals surface area contributed by atoms with Crippen LogP contribution in [0.25, 0.3) is 5.69 Å². The highest BCUT2D eigenvalue weighted by atomic mass is 19.4. The maximum absolute atomic E-state index is 12.6. The number of imidazole rings is 1. The molecule has 0 unspecified atom stereocenters. The van der Waals surface area contributed by atoms with Gasteiger partial charge in [0.2, 0.25) is 5.82 Å². The summed E-state index contributed by atoms with van der Waals surface area (Å²) < 4.78 is 38.6. The number of rotatable bonds is 1. The van der Waals surface area contributed by atoms with Crippen LogP contribution in [0.3, 0.4) is 0 Å². The maximum Gasteiger partial charge on any atom is 0.450 e. The van der Waals surface area contributed by atoms with Crippen LogP contribution in [0.5, 0.6) is 5.75 Å². The molecule has 0 aliphatic rings. The van der Waals surface area contributed by atoms with Crippen molar-refractivity contribution in [2.45, 2.75) is 6.18 Å². The van der Waals surface area contributed by atoms with Gasteiger partial charge >= 0.3 is 6.18 Å². The van der Waals surface area contributed by atoms with Crippen molar-refractivity contribution in [2.75, 3.05) is 5.73 Å². The van der Waals surface area contributed by atoms with Gasteiger partial charge < -0.3 is 10.8 Å². The van der Waals surface area contributed by atoms with Crippen LogP contribution in [0.1, 0.15) is 5.82 Å². The van der Waals surface area contributed by atoms with Crippen molar-refractivity contribution < 1.29 is 18.3 Å². The highest BCUT2D eigenvalue weighted by Crippen LogP contribution is 2.31. The van der Waals surface area contributed by atoms with Crippen LogP contribution in [-0.2, 0) is 6.18 Å². The lowest BCUT2D eigenvalue weighted by molar-refractivity contribution is -0.145. The van der Waals surface area contributed by atoms with Gasteiger partial charge in [-0.1, -0.05) is 0 Å². The van der Waals surface area contributed by atoms with E-state index in [1.165, 1.54) is 12.1 Å². The molecule has 4 nitrogen and oxygen atoms in total. The molecule has 0 saturated heterocycles. The zero-order valence-corrected chi connectivity index (χ0v) is 8.44. The average molecular weight is 243 g/mol. The molecule has 1 aromatic carbocycles. The van der Waals surface area contributed by atoms with Crippen molar-refractivity contribution in [3.05, 3.63) is 36.4 Å². The van der Waals surface area contributed by atoms with E-state index in [4.69, 9.17) is 5.73 Å². The number of aromatic nitrogens is 2. The Balaban J connectivity index is 2.54. The number of alkyl halides is 3. The average Bonchev–Trinajstić information content (AvgIpc) is 2.70. The van der Waals surface area contributed by atoms with Gasteiger partial charge in [-0.3, -0.25) is 4.57 Å². The van der Waals surface area contributed by atoms with E-state index in [1.807, 2.05) is 0 Å². The summed E-state index contributed by atoms with van der Waals surface area (Å²) in [7, 11) is 0. The summed E-state index contributed by atoms with van der Waals surface area (Å²) in [6.07, 6.45) is -2.36. The molecule has 0 atom stereocenters. The lowest BCUT2D eigenvalue weighted by Crippen LogP contribution is -2.13. The second-order valence-electron chi connectivity index (χ2n) is 3.36. The highest BCUT2D eigenvalue weighted by molar-refractivity contribution is 5.56. The summed E-state index contributed by atoms with van der Waals surface area (Å²) in [6, 6.07) is 3.84. The Morgan fingerprint density at radius 3 is 2.59 bits per heavy atom. The molecule has 90 valence electrons. The minimum Gasteiger partial charge on any atom is -0.506 e. The summed E-state index contributed by atoms with van der Waals surface area (Å²) in [5.74, 6) is -1.33. The number of nitrogens with zero attached hydrogens (tertiary/aromatic N) is 2. The van der Waals surface area contributed by atoms with Gasteiger partial charge in [0.25, 0.3) is 0 Å². The largest absolute Gasteiger partial charge is 0.506 e. The van der Waals surface area contributed by atoms with Crippen molar-refractivity contribution >= 4 is 5.69 Å². The van der Waals surface area contributed by atoms with Crippen molar-refractivity contribution in [3.8, 4) is 11.4 Å². The highest BCUT2D eigenvalue weighted by Gasteiger charge is 2.36. The van der Waals surface area contributed by atoms with Gasteiger partial charge in [0.05, 0.1) is 11.4 Å². The Morgan fingerprint density at radius 2 is 2.00 bits per heavy atom. The third kappa shape index (κ3) is 2.03. The molecular weight excluding hydrogens is 235 g/mol. The molecule has 0 saturated carbocycles. The maximum atomic E-state index is 12.6. The van der Waals surface area contributed by atoms with Gasteiger partial charge in [0, 0.05) is 18.5 Å². The first kappa shape index (κ1) is 11.3. The number of phenolic OH excluding ortho intramolecular Hbond substituents is 1. The number of hydrogen-bond acceptors (Lipinski definition) is 3. The first-order valence-corrected chi connectivity index (χ1v) is 4.59. The topological polar surface area (TPSA) is 64.1 Å². The molecule has 0 aliphatic heterocycles. The van der Waals surface area contributed by atoms with Gasteiger partial charge in [0.1, 0.15) is 5.75 Å². The van der Waals surface area contributed by atoms with Crippen molar-refractivity contribution in [3.63, 3.8) is 0 Å². The summed E-state index contributed by atoms with van der Waals surface area (Å²) in [5, 5.41) is 9.35. The van der Waals surface area contributed by atoms with Crippen LogP contribution in [0.4, 0.5) is 18.9 Å². The van der Waals surface area contributed by atoms with Crippen molar-refractivity contribution in [1.82, 2.24) is 9.55 Å². The third-order valence-corrected chi connectivity index (χ3v) is 2.19. The monoisotopic (exact) mass is 243 g/mol. The molecule has 2 rings (SSSR count). The van der Waals surface area contributed by atoms with Crippen molar-refractivity contribution in [1.29, 1.82) is 0 Å². The van der Waals surface area contributed by atoms with E-state index >= 15 is 0 Å². The molecule has 1 heterocycles. The minimum absolute atomic E-state index is 0.0995. The predicted octanol–water partition coefficient (Wildman–Crippen LogP) is 2.18. The fourth-order valence-corrected chi connectivity index (χ4v) is 1.40. The molecular formula is C10H8F3N3O. The van der Waals surface area contributed by atoms with Gasteiger partial charge in [-0.25, -0.2) is 4.98 Å². The van der Waals surface area contributed by atoms with E-state index in [2.05, 4.69) is 4.98 Å². The summed E-state index contributed by atoms with van der Waals surface area (Å²) in [6.45, 7) is 0. The molecule has 0 bridgehead atoms. The molecule has 0 amide bonds. The number of anilines is 1. The lowest BCUT2D eigenvalue weighted by atomic mass is 10.2. The molecule has 2 aromatic rings. The second-order valence-corrected chi connectivity index (χ2v) is 3.36. The van der Waals surface area contributed by atoms with Crippen LogP contribution < -0.4 is 5.73 Å². The zero-order valence-electron chi connectivity index (χ0n) is 8.44. The number of aromatic hydroxyl groups is 1. The Bertz CT molecular complexity index is 548. The summed E-state index contributed by atoms with van der Waals surface area (Å²) >= 11 is 0. The predicted molar refractivity (Wildman–Crippen MR) is 54.6 cm³/mol. The van der Waals surface area contributed by atoms with Crippen LogP contribution >= 0.6 is 0 Å². The second kappa shape index (κ2) is 3.69. The van der Waals surface area contributed by atoms with E-state index in [1.54, 1.807) is 0 Å². The Hall–Kier alpha value is -2.18. The standard InChI is InChI=1S/C10H8F3N3O/c11-10(12,13)9-15-3-4-16(9)6-1-2-7(14)8(17)5-6/h1-5,17H,14H2. The first-order chi connectivity index (χ1) is 7.89. The summed E-state index contributed by atoms with van der Waals surface area (Å²) in [5.41, 5.74) is 5.61. The van der Waals surface area contributed by atoms with Gasteiger partial charge in [-0.2, -0.15) is 13.2 Å². The fourth-order valence-electron chi connectivity index (χ4n) is 1.40. The molecule has 3 N–H and O–H groups in total. The molecule has 0 fully saturated rings. The number of nitrogens with two attached hydrogens (primary N) is 1. The normalized spacial score (nSPS) is 11.7. The van der Waals surface area contributed by atoms with Crippen LogP contribution in [0.2, 0.25) is 0 Å². The van der Waals surface area contributed by atoms with Crippen LogP contribution in [0.15, 0.2) is 30.6 Å². The Labute approximate surface area is 94.1 Å². The quantitative estimate of drug-likeness (QED) is 0.596. The number of benzene rings is 1. The smallest absolute Gasteiger partial charge is 0.450 e. The number of halogens is 3. The van der Waals surface area contributed by atoms with Gasteiger partial charge in [-0.15, -0.1) is 0 Å². The fraction of sp³-hybridized carbons (Fsp3) is 0.100. The van der Waals surface area contributed by atoms with Crippen molar-refractivity contribution in [2.24, 2.45) is 0 Å². The first-order valence-electron chi connectivity index (χ1n) is 4.59. The molecule has 17 heavy (non-hydrogen) atoms. The third-order valence-electron chi connectivity index (χ3n) is 2.19. The SMILES string of the molecule is Nc1ccc(-n2ccnc2C(F)(F)F)cc1O.